The minimum atomic E-state index is -0.709. The van der Waals surface area contributed by atoms with Crippen LogP contribution in [0.3, 0.4) is 0 Å². The highest BCUT2D eigenvalue weighted by molar-refractivity contribution is 9.10. The summed E-state index contributed by atoms with van der Waals surface area (Å²) in [6.45, 7) is 7.13. The monoisotopic (exact) mass is 725 g/mol. The van der Waals surface area contributed by atoms with Crippen LogP contribution in [-0.2, 0) is 11.4 Å². The van der Waals surface area contributed by atoms with Gasteiger partial charge in [0.15, 0.2) is 16.3 Å². The Kier molecular flexibility index (Phi) is 9.84. The lowest BCUT2D eigenvalue weighted by Crippen LogP contribution is -2.43. The highest BCUT2D eigenvalue weighted by Crippen LogP contribution is 2.38. The summed E-state index contributed by atoms with van der Waals surface area (Å²) in [4.78, 5) is 35.3. The number of likely N-dealkylation sites (N-methyl/N-ethyl adjacent to an activating group) is 1. The number of carbonyl (C=O) groups is 1. The number of allylic oxidation sites excluding steroid dienone is 1. The van der Waals surface area contributed by atoms with E-state index in [0.29, 0.717) is 62.0 Å². The van der Waals surface area contributed by atoms with Crippen molar-refractivity contribution in [2.24, 2.45) is 4.99 Å². The zero-order chi connectivity index (χ0) is 33.9. The minimum Gasteiger partial charge on any atom is -0.496 e. The first-order valence-corrected chi connectivity index (χ1v) is 17.3. The molecule has 0 saturated heterocycles. The number of amides is 1. The summed E-state index contributed by atoms with van der Waals surface area (Å²) >= 11 is 4.96. The van der Waals surface area contributed by atoms with Crippen LogP contribution < -0.4 is 29.1 Å². The Morgan fingerprint density at radius 2 is 1.69 bits per heavy atom. The Balaban J connectivity index is 1.42. The second-order valence-electron chi connectivity index (χ2n) is 11.3. The number of fused-ring (bicyclic) bond motifs is 2. The fourth-order valence-corrected chi connectivity index (χ4v) is 7.77. The number of hydrogen-bond acceptors (Lipinski definition) is 7. The van der Waals surface area contributed by atoms with Crippen LogP contribution in [0.5, 0.6) is 17.2 Å². The van der Waals surface area contributed by atoms with Crippen molar-refractivity contribution in [1.82, 2.24) is 9.47 Å². The highest BCUT2D eigenvalue weighted by Gasteiger charge is 2.35. The largest absolute Gasteiger partial charge is 0.496 e. The fraction of sp³-hybridized carbons (Fsp3) is 0.237. The molecule has 48 heavy (non-hydrogen) atoms. The van der Waals surface area contributed by atoms with Crippen molar-refractivity contribution in [3.8, 4) is 17.2 Å². The molecule has 1 aliphatic rings. The summed E-state index contributed by atoms with van der Waals surface area (Å²) in [6, 6.07) is 24.9. The molecule has 0 unspecified atom stereocenters. The van der Waals surface area contributed by atoms with Gasteiger partial charge < -0.3 is 19.1 Å². The Labute approximate surface area is 291 Å². The van der Waals surface area contributed by atoms with Crippen molar-refractivity contribution in [2.75, 3.05) is 27.3 Å². The Morgan fingerprint density at radius 1 is 0.979 bits per heavy atom. The van der Waals surface area contributed by atoms with Crippen LogP contribution >= 0.6 is 27.3 Å². The van der Waals surface area contributed by atoms with Gasteiger partial charge in [0.1, 0.15) is 18.4 Å². The molecule has 8 nitrogen and oxygen atoms in total. The summed E-state index contributed by atoms with van der Waals surface area (Å²) in [7, 11) is 3.18. The van der Waals surface area contributed by atoms with Crippen molar-refractivity contribution in [1.29, 1.82) is 0 Å². The number of ether oxygens (including phenoxy) is 3. The van der Waals surface area contributed by atoms with E-state index in [2.05, 4.69) is 40.2 Å². The second-order valence-corrected chi connectivity index (χ2v) is 13.1. The first kappa shape index (κ1) is 33.2. The number of halogens is 1. The van der Waals surface area contributed by atoms with E-state index in [1.807, 2.05) is 81.4 Å². The SMILES string of the molecule is CCN(CC)C(=O)C1=C(C)N=c2s/c(=C/c3cc(Br)c(OCc4cccc5ccccc45)c(OC)c3)c(=O)n2[C@@H]1c1ccccc1OC. The summed E-state index contributed by atoms with van der Waals surface area (Å²) in [6.07, 6.45) is 1.82. The lowest BCUT2D eigenvalue weighted by Gasteiger charge is -2.29. The van der Waals surface area contributed by atoms with Crippen molar-refractivity contribution in [3.05, 3.63) is 131 Å². The zero-order valence-corrected chi connectivity index (χ0v) is 29.9. The number of para-hydroxylation sites is 1. The van der Waals surface area contributed by atoms with E-state index in [4.69, 9.17) is 19.2 Å². The van der Waals surface area contributed by atoms with E-state index in [-0.39, 0.29) is 11.5 Å². The van der Waals surface area contributed by atoms with E-state index in [1.165, 1.54) is 11.3 Å². The number of hydrogen-bond donors (Lipinski definition) is 0. The lowest BCUT2D eigenvalue weighted by molar-refractivity contribution is -0.127. The average Bonchev–Trinajstić information content (AvgIpc) is 3.40. The topological polar surface area (TPSA) is 82.4 Å². The molecule has 0 radical (unpaired) electrons. The smallest absolute Gasteiger partial charge is 0.271 e. The number of methoxy groups -OCH3 is 2. The molecule has 0 bridgehead atoms. The number of benzene rings is 4. The summed E-state index contributed by atoms with van der Waals surface area (Å²) in [5.74, 6) is 1.53. The maximum atomic E-state index is 14.3. The molecule has 0 N–H and O–H groups in total. The Morgan fingerprint density at radius 3 is 2.44 bits per heavy atom. The number of aromatic nitrogens is 1. The van der Waals surface area contributed by atoms with Crippen molar-refractivity contribution >= 4 is 50.0 Å². The van der Waals surface area contributed by atoms with Crippen molar-refractivity contribution in [3.63, 3.8) is 0 Å². The van der Waals surface area contributed by atoms with Gasteiger partial charge in [-0.05, 0) is 82.9 Å². The van der Waals surface area contributed by atoms with Gasteiger partial charge in [-0.1, -0.05) is 72.0 Å². The van der Waals surface area contributed by atoms with E-state index < -0.39 is 6.04 Å². The van der Waals surface area contributed by atoms with Gasteiger partial charge in [0.2, 0.25) is 0 Å². The minimum absolute atomic E-state index is 0.154. The van der Waals surface area contributed by atoms with E-state index in [9.17, 15) is 9.59 Å². The van der Waals surface area contributed by atoms with Gasteiger partial charge in [0, 0.05) is 18.7 Å². The molecule has 4 aromatic carbocycles. The lowest BCUT2D eigenvalue weighted by atomic mass is 9.94. The molecule has 1 amide bonds. The van der Waals surface area contributed by atoms with E-state index in [0.717, 1.165) is 27.5 Å². The molecule has 0 spiro atoms. The molecule has 10 heteroatoms. The van der Waals surface area contributed by atoms with Gasteiger partial charge in [-0.3, -0.25) is 14.2 Å². The van der Waals surface area contributed by atoms with E-state index >= 15 is 0 Å². The maximum Gasteiger partial charge on any atom is 0.271 e. The Bertz CT molecular complexity index is 2230. The number of thiazole rings is 1. The van der Waals surface area contributed by atoms with Gasteiger partial charge in [0.25, 0.3) is 11.5 Å². The third-order valence-corrected chi connectivity index (χ3v) is 10.1. The predicted molar refractivity (Wildman–Crippen MR) is 194 cm³/mol. The summed E-state index contributed by atoms with van der Waals surface area (Å²) < 4.78 is 20.6. The molecule has 1 atom stereocenters. The van der Waals surface area contributed by atoms with Crippen LogP contribution in [0.1, 0.15) is 43.5 Å². The maximum absolute atomic E-state index is 14.3. The van der Waals surface area contributed by atoms with E-state index in [1.54, 1.807) is 23.7 Å². The van der Waals surface area contributed by atoms with Crippen LogP contribution in [-0.4, -0.2) is 42.7 Å². The molecule has 246 valence electrons. The van der Waals surface area contributed by atoms with Crippen LogP contribution in [0.15, 0.2) is 104 Å². The third-order valence-electron chi connectivity index (χ3n) is 8.54. The van der Waals surface area contributed by atoms with Gasteiger partial charge in [-0.25, -0.2) is 4.99 Å². The normalized spacial score (nSPS) is 14.5. The van der Waals surface area contributed by atoms with Crippen molar-refractivity contribution < 1.29 is 19.0 Å². The first-order chi connectivity index (χ1) is 23.3. The second kappa shape index (κ2) is 14.2. The standard InChI is InChI=1S/C38H36BrN3O5S/c1-6-41(7-2)37(44)33-23(3)40-38-42(34(33)28-17-10-11-18-30(28)45-4)36(43)32(48-38)21-24-19-29(39)35(31(20-24)46-5)47-22-26-15-12-14-25-13-8-9-16-27(25)26/h8-21,34H,6-7,22H2,1-5H3/b32-21+/t34-/m1/s1. The first-order valence-electron chi connectivity index (χ1n) is 15.7. The van der Waals surface area contributed by atoms with Crippen LogP contribution in [0.25, 0.3) is 16.8 Å². The van der Waals surface area contributed by atoms with Gasteiger partial charge >= 0.3 is 0 Å². The van der Waals surface area contributed by atoms with Gasteiger partial charge in [-0.2, -0.15) is 0 Å². The predicted octanol–water partition coefficient (Wildman–Crippen LogP) is 6.62. The molecule has 0 saturated carbocycles. The average molecular weight is 727 g/mol. The van der Waals surface area contributed by atoms with Gasteiger partial charge in [-0.15, -0.1) is 0 Å². The summed E-state index contributed by atoms with van der Waals surface area (Å²) in [5.41, 5.74) is 3.30. The van der Waals surface area contributed by atoms with Crippen LogP contribution in [0, 0.1) is 0 Å². The number of nitrogens with zero attached hydrogens (tertiary/aromatic N) is 3. The Hall–Kier alpha value is -4.67. The molecular weight excluding hydrogens is 690 g/mol. The number of carbonyl (C=O) groups excluding carboxylic acids is 1. The highest BCUT2D eigenvalue weighted by atomic mass is 79.9. The molecule has 6 rings (SSSR count). The van der Waals surface area contributed by atoms with Crippen LogP contribution in [0.2, 0.25) is 0 Å². The molecule has 5 aromatic rings. The fourth-order valence-electron chi connectivity index (χ4n) is 6.15. The molecule has 1 aromatic heterocycles. The molecule has 0 aliphatic carbocycles. The molecule has 0 fully saturated rings. The molecule has 2 heterocycles. The zero-order valence-electron chi connectivity index (χ0n) is 27.5. The van der Waals surface area contributed by atoms with Crippen molar-refractivity contribution in [2.45, 2.75) is 33.4 Å². The number of rotatable bonds is 10. The molecular formula is C38H36BrN3O5S. The van der Waals surface area contributed by atoms with Gasteiger partial charge in [0.05, 0.1) is 34.5 Å². The molecule has 1 aliphatic heterocycles. The van der Waals surface area contributed by atoms with Crippen LogP contribution in [0.4, 0.5) is 0 Å². The quantitative estimate of drug-likeness (QED) is 0.162. The summed E-state index contributed by atoms with van der Waals surface area (Å²) in [5, 5.41) is 2.28. The third kappa shape index (κ3) is 6.18.